The molecule has 0 aliphatic carbocycles. The first-order valence-electron chi connectivity index (χ1n) is 7.83. The van der Waals surface area contributed by atoms with Crippen LogP contribution in [0, 0.1) is 5.92 Å². The Kier molecular flexibility index (Phi) is 5.86. The summed E-state index contributed by atoms with van der Waals surface area (Å²) in [5, 5.41) is 3.64. The lowest BCUT2D eigenvalue weighted by molar-refractivity contribution is 0.0867. The molecule has 1 N–H and O–H groups in total. The van der Waals surface area contributed by atoms with E-state index in [9.17, 15) is 0 Å². The predicted molar refractivity (Wildman–Crippen MR) is 82.2 cm³/mol. The van der Waals surface area contributed by atoms with Gasteiger partial charge in [0.1, 0.15) is 5.75 Å². The fourth-order valence-corrected chi connectivity index (χ4v) is 2.94. The molecule has 2 rings (SSSR count). The molecule has 1 aromatic carbocycles. The molecule has 0 saturated carbocycles. The lowest BCUT2D eigenvalue weighted by Crippen LogP contribution is -2.30. The second-order valence-electron chi connectivity index (χ2n) is 5.47. The summed E-state index contributed by atoms with van der Waals surface area (Å²) in [7, 11) is 0. The number of rotatable bonds is 7. The van der Waals surface area contributed by atoms with Crippen molar-refractivity contribution >= 4 is 0 Å². The molecule has 112 valence electrons. The molecule has 3 atom stereocenters. The summed E-state index contributed by atoms with van der Waals surface area (Å²) in [6, 6.07) is 8.59. The normalized spacial score (nSPS) is 23.8. The summed E-state index contributed by atoms with van der Waals surface area (Å²) in [6.45, 7) is 9.06. The van der Waals surface area contributed by atoms with Crippen molar-refractivity contribution in [3.05, 3.63) is 29.8 Å². The summed E-state index contributed by atoms with van der Waals surface area (Å²) in [6.07, 6.45) is 2.71. The average molecular weight is 277 g/mol. The molecule has 1 aromatic rings. The van der Waals surface area contributed by atoms with E-state index in [1.165, 1.54) is 12.0 Å². The first-order chi connectivity index (χ1) is 9.76. The molecule has 3 unspecified atom stereocenters. The molecule has 0 aromatic heterocycles. The Labute approximate surface area is 122 Å². The molecule has 0 spiro atoms. The van der Waals surface area contributed by atoms with Crippen LogP contribution < -0.4 is 10.1 Å². The van der Waals surface area contributed by atoms with Gasteiger partial charge in [-0.2, -0.15) is 0 Å². The number of benzene rings is 1. The van der Waals surface area contributed by atoms with Gasteiger partial charge in [0, 0.05) is 24.8 Å². The van der Waals surface area contributed by atoms with Gasteiger partial charge in [-0.15, -0.1) is 0 Å². The van der Waals surface area contributed by atoms with Crippen molar-refractivity contribution < 1.29 is 9.47 Å². The molecule has 1 aliphatic heterocycles. The summed E-state index contributed by atoms with van der Waals surface area (Å²) in [4.78, 5) is 0. The Morgan fingerprint density at radius 1 is 1.35 bits per heavy atom. The lowest BCUT2D eigenvalue weighted by Gasteiger charge is -2.22. The van der Waals surface area contributed by atoms with Crippen molar-refractivity contribution in [3.63, 3.8) is 0 Å². The molecule has 1 saturated heterocycles. The highest BCUT2D eigenvalue weighted by Gasteiger charge is 2.26. The summed E-state index contributed by atoms with van der Waals surface area (Å²) in [5.41, 5.74) is 1.24. The van der Waals surface area contributed by atoms with Crippen molar-refractivity contribution in [1.82, 2.24) is 5.32 Å². The number of ether oxygens (including phenoxy) is 2. The van der Waals surface area contributed by atoms with Crippen LogP contribution in [0.4, 0.5) is 0 Å². The van der Waals surface area contributed by atoms with Gasteiger partial charge < -0.3 is 14.8 Å². The van der Waals surface area contributed by atoms with Crippen LogP contribution in [-0.2, 0) is 4.74 Å². The van der Waals surface area contributed by atoms with E-state index in [-0.39, 0.29) is 0 Å². The third kappa shape index (κ3) is 3.74. The van der Waals surface area contributed by atoms with E-state index in [1.54, 1.807) is 0 Å². The van der Waals surface area contributed by atoms with E-state index in [4.69, 9.17) is 9.47 Å². The molecular formula is C17H27NO2. The van der Waals surface area contributed by atoms with Crippen LogP contribution >= 0.6 is 0 Å². The number of hydrogen-bond donors (Lipinski definition) is 1. The van der Waals surface area contributed by atoms with Crippen molar-refractivity contribution in [2.75, 3.05) is 19.8 Å². The third-order valence-electron chi connectivity index (χ3n) is 4.12. The highest BCUT2D eigenvalue weighted by Crippen LogP contribution is 2.27. The van der Waals surface area contributed by atoms with E-state index in [0.717, 1.165) is 25.3 Å². The first-order valence-corrected chi connectivity index (χ1v) is 7.83. The maximum absolute atomic E-state index is 5.75. The molecule has 20 heavy (non-hydrogen) atoms. The zero-order chi connectivity index (χ0) is 14.4. The maximum Gasteiger partial charge on any atom is 0.124 e. The summed E-state index contributed by atoms with van der Waals surface area (Å²) >= 11 is 0. The van der Waals surface area contributed by atoms with E-state index in [1.807, 2.05) is 19.1 Å². The largest absolute Gasteiger partial charge is 0.494 e. The Bertz CT molecular complexity index is 408. The van der Waals surface area contributed by atoms with Gasteiger partial charge in [0.15, 0.2) is 0 Å². The van der Waals surface area contributed by atoms with Gasteiger partial charge in [0.2, 0.25) is 0 Å². The minimum atomic E-state index is 0.302. The number of nitrogens with one attached hydrogen (secondary N) is 1. The molecule has 0 amide bonds. The lowest BCUT2D eigenvalue weighted by atomic mass is 9.98. The fraction of sp³-hybridized carbons (Fsp3) is 0.647. The van der Waals surface area contributed by atoms with Crippen LogP contribution in [0.15, 0.2) is 24.3 Å². The predicted octanol–water partition coefficient (Wildman–Crippen LogP) is 3.55. The SMILES string of the molecule is CCOc1ccccc1C(C)NCC1CCOC1CC. The second-order valence-corrected chi connectivity index (χ2v) is 5.47. The minimum Gasteiger partial charge on any atom is -0.494 e. The Morgan fingerprint density at radius 3 is 2.90 bits per heavy atom. The highest BCUT2D eigenvalue weighted by molar-refractivity contribution is 5.35. The highest BCUT2D eigenvalue weighted by atomic mass is 16.5. The molecule has 0 bridgehead atoms. The molecule has 3 nitrogen and oxygen atoms in total. The molecule has 1 heterocycles. The van der Waals surface area contributed by atoms with Gasteiger partial charge in [-0.1, -0.05) is 25.1 Å². The monoisotopic (exact) mass is 277 g/mol. The molecule has 0 radical (unpaired) electrons. The van der Waals surface area contributed by atoms with Gasteiger partial charge in [0.25, 0.3) is 0 Å². The first kappa shape index (κ1) is 15.3. The third-order valence-corrected chi connectivity index (χ3v) is 4.12. The quantitative estimate of drug-likeness (QED) is 0.826. The van der Waals surface area contributed by atoms with Crippen molar-refractivity contribution in [1.29, 1.82) is 0 Å². The average Bonchev–Trinajstić information content (AvgIpc) is 2.93. The van der Waals surface area contributed by atoms with E-state index in [0.29, 0.717) is 24.7 Å². The van der Waals surface area contributed by atoms with Crippen LogP contribution in [0.2, 0.25) is 0 Å². The van der Waals surface area contributed by atoms with E-state index in [2.05, 4.69) is 31.3 Å². The smallest absolute Gasteiger partial charge is 0.124 e. The molecule has 1 fully saturated rings. The summed E-state index contributed by atoms with van der Waals surface area (Å²) < 4.78 is 11.5. The minimum absolute atomic E-state index is 0.302. The van der Waals surface area contributed by atoms with Crippen LogP contribution in [0.5, 0.6) is 5.75 Å². The van der Waals surface area contributed by atoms with Crippen molar-refractivity contribution in [3.8, 4) is 5.75 Å². The van der Waals surface area contributed by atoms with E-state index < -0.39 is 0 Å². The van der Waals surface area contributed by atoms with E-state index >= 15 is 0 Å². The van der Waals surface area contributed by atoms with Crippen LogP contribution in [0.1, 0.15) is 45.2 Å². The van der Waals surface area contributed by atoms with Crippen LogP contribution in [0.3, 0.4) is 0 Å². The Balaban J connectivity index is 1.93. The molecule has 1 aliphatic rings. The zero-order valence-electron chi connectivity index (χ0n) is 12.9. The Morgan fingerprint density at radius 2 is 2.15 bits per heavy atom. The van der Waals surface area contributed by atoms with Crippen LogP contribution in [0.25, 0.3) is 0 Å². The van der Waals surface area contributed by atoms with Gasteiger partial charge in [-0.25, -0.2) is 0 Å². The number of hydrogen-bond acceptors (Lipinski definition) is 3. The molecular weight excluding hydrogens is 250 g/mol. The van der Waals surface area contributed by atoms with Gasteiger partial charge in [0.05, 0.1) is 12.7 Å². The van der Waals surface area contributed by atoms with Gasteiger partial charge in [-0.3, -0.25) is 0 Å². The standard InChI is InChI=1S/C17H27NO2/c1-4-16-14(10-11-20-16)12-18-13(3)15-8-6-7-9-17(15)19-5-2/h6-9,13-14,16,18H,4-5,10-12H2,1-3H3. The topological polar surface area (TPSA) is 30.5 Å². The van der Waals surface area contributed by atoms with Crippen LogP contribution in [-0.4, -0.2) is 25.9 Å². The second kappa shape index (κ2) is 7.65. The maximum atomic E-state index is 5.75. The zero-order valence-corrected chi connectivity index (χ0v) is 12.9. The van der Waals surface area contributed by atoms with Crippen molar-refractivity contribution in [2.24, 2.45) is 5.92 Å². The van der Waals surface area contributed by atoms with Crippen molar-refractivity contribution in [2.45, 2.75) is 45.8 Å². The Hall–Kier alpha value is -1.06. The fourth-order valence-electron chi connectivity index (χ4n) is 2.94. The van der Waals surface area contributed by atoms with Gasteiger partial charge >= 0.3 is 0 Å². The number of para-hydroxylation sites is 1. The summed E-state index contributed by atoms with van der Waals surface area (Å²) in [5.74, 6) is 1.63. The molecule has 3 heteroatoms. The van der Waals surface area contributed by atoms with Gasteiger partial charge in [-0.05, 0) is 38.7 Å².